The van der Waals surface area contributed by atoms with Crippen LogP contribution in [0.3, 0.4) is 0 Å². The number of carbonyl (C=O) groups excluding carboxylic acids is 2. The molecule has 1 aliphatic carbocycles. The van der Waals surface area contributed by atoms with Crippen molar-refractivity contribution >= 4 is 28.9 Å². The molecule has 5 rings (SSSR count). The van der Waals surface area contributed by atoms with Gasteiger partial charge in [0.1, 0.15) is 23.5 Å². The Morgan fingerprint density at radius 3 is 2.52 bits per heavy atom. The summed E-state index contributed by atoms with van der Waals surface area (Å²) in [6.45, 7) is 5.90. The minimum absolute atomic E-state index is 0.119. The first-order valence-corrected chi connectivity index (χ1v) is 13.9. The van der Waals surface area contributed by atoms with Gasteiger partial charge in [-0.05, 0) is 80.6 Å². The standard InChI is InChI=1S/C33H34N2O7/c1-33(2,3)42-32(39)34-18-20-7-6-8-23(15-20)26-17-21(16-24-13-14-40-29(24)26)19-41-27-10-5-4-9-25(27)28(31(37)38)35-30(36)22-11-12-22/h4-10,13-17,22,28H,11-12,18-19H2,1-3H3,(H,34,39)(H,35,36)(H,37,38). The molecule has 42 heavy (non-hydrogen) atoms. The second-order valence-corrected chi connectivity index (χ2v) is 11.4. The van der Waals surface area contributed by atoms with E-state index in [4.69, 9.17) is 13.9 Å². The number of carbonyl (C=O) groups is 3. The predicted molar refractivity (Wildman–Crippen MR) is 157 cm³/mol. The molecule has 9 nitrogen and oxygen atoms in total. The van der Waals surface area contributed by atoms with Crippen molar-refractivity contribution in [3.8, 4) is 16.9 Å². The number of nitrogens with one attached hydrogen (secondary N) is 2. The molecule has 0 radical (unpaired) electrons. The number of benzene rings is 3. The summed E-state index contributed by atoms with van der Waals surface area (Å²) in [5, 5.41) is 16.2. The van der Waals surface area contributed by atoms with Gasteiger partial charge in [-0.15, -0.1) is 0 Å². The van der Waals surface area contributed by atoms with E-state index in [0.717, 1.165) is 40.5 Å². The van der Waals surface area contributed by atoms with Crippen molar-refractivity contribution < 1.29 is 33.4 Å². The maximum atomic E-state index is 12.4. The van der Waals surface area contributed by atoms with Gasteiger partial charge >= 0.3 is 12.1 Å². The summed E-state index contributed by atoms with van der Waals surface area (Å²) < 4.78 is 17.3. The fourth-order valence-electron chi connectivity index (χ4n) is 4.67. The summed E-state index contributed by atoms with van der Waals surface area (Å²) in [4.78, 5) is 36.6. The highest BCUT2D eigenvalue weighted by Gasteiger charge is 2.34. The third-order valence-corrected chi connectivity index (χ3v) is 6.79. The zero-order valence-corrected chi connectivity index (χ0v) is 23.8. The van der Waals surface area contributed by atoms with Crippen LogP contribution in [0.4, 0.5) is 4.79 Å². The number of rotatable bonds is 10. The molecule has 3 N–H and O–H groups in total. The van der Waals surface area contributed by atoms with Crippen LogP contribution < -0.4 is 15.4 Å². The van der Waals surface area contributed by atoms with Crippen LogP contribution in [0.2, 0.25) is 0 Å². The number of furan rings is 1. The summed E-state index contributed by atoms with van der Waals surface area (Å²) in [5.41, 5.74) is 4.00. The molecule has 0 bridgehead atoms. The van der Waals surface area contributed by atoms with Crippen LogP contribution in [-0.2, 0) is 27.5 Å². The Bertz CT molecular complexity index is 1610. The molecule has 1 atom stereocenters. The molecule has 1 heterocycles. The molecule has 0 aliphatic heterocycles. The second kappa shape index (κ2) is 12.0. The first-order chi connectivity index (χ1) is 20.1. The number of para-hydroxylation sites is 1. The molecule has 1 aromatic heterocycles. The number of carboxylic acids is 1. The maximum absolute atomic E-state index is 12.4. The molecule has 3 aromatic carbocycles. The number of fused-ring (bicyclic) bond motifs is 1. The number of hydrogen-bond donors (Lipinski definition) is 3. The summed E-state index contributed by atoms with van der Waals surface area (Å²) in [6.07, 6.45) is 2.69. The van der Waals surface area contributed by atoms with E-state index in [1.807, 2.05) is 63.2 Å². The molecule has 1 saturated carbocycles. The first kappa shape index (κ1) is 28.7. The third-order valence-electron chi connectivity index (χ3n) is 6.79. The number of carboxylic acid groups (broad SMARTS) is 1. The van der Waals surface area contributed by atoms with E-state index in [1.54, 1.807) is 30.5 Å². The van der Waals surface area contributed by atoms with E-state index in [9.17, 15) is 19.5 Å². The van der Waals surface area contributed by atoms with Crippen LogP contribution in [0.25, 0.3) is 22.1 Å². The van der Waals surface area contributed by atoms with Crippen molar-refractivity contribution in [3.05, 3.63) is 89.7 Å². The molecular weight excluding hydrogens is 536 g/mol. The van der Waals surface area contributed by atoms with Gasteiger partial charge in [0, 0.05) is 29.0 Å². The summed E-state index contributed by atoms with van der Waals surface area (Å²) >= 11 is 0. The average Bonchev–Trinajstić information content (AvgIpc) is 3.70. The Hall–Kier alpha value is -4.79. The van der Waals surface area contributed by atoms with Crippen LogP contribution in [0.1, 0.15) is 56.3 Å². The topological polar surface area (TPSA) is 127 Å². The molecular formula is C33H34N2O7. The Morgan fingerprint density at radius 1 is 1.00 bits per heavy atom. The summed E-state index contributed by atoms with van der Waals surface area (Å²) in [6, 6.07) is 19.2. The van der Waals surface area contributed by atoms with Crippen LogP contribution in [-0.4, -0.2) is 28.7 Å². The lowest BCUT2D eigenvalue weighted by Gasteiger charge is -2.19. The van der Waals surface area contributed by atoms with Crippen molar-refractivity contribution in [1.82, 2.24) is 10.6 Å². The number of aliphatic carboxylic acids is 1. The summed E-state index contributed by atoms with van der Waals surface area (Å²) in [5.74, 6) is -1.14. The average molecular weight is 571 g/mol. The zero-order chi connectivity index (χ0) is 29.9. The Labute approximate surface area is 243 Å². The van der Waals surface area contributed by atoms with E-state index in [1.165, 1.54) is 0 Å². The van der Waals surface area contributed by atoms with Gasteiger partial charge in [-0.3, -0.25) is 4.79 Å². The highest BCUT2D eigenvalue weighted by Crippen LogP contribution is 2.34. The third kappa shape index (κ3) is 7.09. The van der Waals surface area contributed by atoms with Gasteiger partial charge in [0.25, 0.3) is 0 Å². The lowest BCUT2D eigenvalue weighted by atomic mass is 9.99. The van der Waals surface area contributed by atoms with E-state index in [2.05, 4.69) is 10.6 Å². The van der Waals surface area contributed by atoms with Gasteiger partial charge in [0.15, 0.2) is 6.04 Å². The number of hydrogen-bond acceptors (Lipinski definition) is 6. The van der Waals surface area contributed by atoms with Crippen molar-refractivity contribution in [2.24, 2.45) is 5.92 Å². The molecule has 1 fully saturated rings. The normalized spacial score (nSPS) is 13.8. The molecule has 4 aromatic rings. The minimum atomic E-state index is -1.21. The monoisotopic (exact) mass is 570 g/mol. The van der Waals surface area contributed by atoms with Crippen LogP contribution in [0, 0.1) is 5.92 Å². The quantitative estimate of drug-likeness (QED) is 0.203. The Balaban J connectivity index is 1.36. The Kier molecular flexibility index (Phi) is 8.20. The van der Waals surface area contributed by atoms with Crippen LogP contribution >= 0.6 is 0 Å². The van der Waals surface area contributed by atoms with Gasteiger partial charge in [0.2, 0.25) is 5.91 Å². The predicted octanol–water partition coefficient (Wildman–Crippen LogP) is 6.36. The van der Waals surface area contributed by atoms with E-state index in [-0.39, 0.29) is 18.4 Å². The highest BCUT2D eigenvalue weighted by atomic mass is 16.6. The molecule has 218 valence electrons. The van der Waals surface area contributed by atoms with E-state index >= 15 is 0 Å². The summed E-state index contributed by atoms with van der Waals surface area (Å²) in [7, 11) is 0. The van der Waals surface area contributed by atoms with Gasteiger partial charge in [-0.2, -0.15) is 0 Å². The largest absolute Gasteiger partial charge is 0.489 e. The van der Waals surface area contributed by atoms with E-state index in [0.29, 0.717) is 23.4 Å². The lowest BCUT2D eigenvalue weighted by Crippen LogP contribution is -2.34. The van der Waals surface area contributed by atoms with Crippen LogP contribution in [0.15, 0.2) is 77.4 Å². The minimum Gasteiger partial charge on any atom is -0.489 e. The molecule has 1 aliphatic rings. The fourth-order valence-corrected chi connectivity index (χ4v) is 4.67. The van der Waals surface area contributed by atoms with Crippen molar-refractivity contribution in [1.29, 1.82) is 0 Å². The number of amides is 2. The molecule has 9 heteroatoms. The molecule has 0 saturated heterocycles. The van der Waals surface area contributed by atoms with Gasteiger partial charge in [-0.1, -0.05) is 36.4 Å². The van der Waals surface area contributed by atoms with Crippen molar-refractivity contribution in [3.63, 3.8) is 0 Å². The Morgan fingerprint density at radius 2 is 1.79 bits per heavy atom. The SMILES string of the molecule is CC(C)(C)OC(=O)NCc1cccc(-c2cc(COc3ccccc3C(NC(=O)C3CC3)C(=O)O)cc3ccoc23)c1. The smallest absolute Gasteiger partial charge is 0.407 e. The number of ether oxygens (including phenoxy) is 2. The highest BCUT2D eigenvalue weighted by molar-refractivity contribution is 5.93. The maximum Gasteiger partial charge on any atom is 0.407 e. The number of alkyl carbamates (subject to hydrolysis) is 1. The van der Waals surface area contributed by atoms with Gasteiger partial charge < -0.3 is 29.6 Å². The fraction of sp³-hybridized carbons (Fsp3) is 0.303. The second-order valence-electron chi connectivity index (χ2n) is 11.4. The van der Waals surface area contributed by atoms with Crippen LogP contribution in [0.5, 0.6) is 5.75 Å². The van der Waals surface area contributed by atoms with E-state index < -0.39 is 23.7 Å². The zero-order valence-electron chi connectivity index (χ0n) is 23.8. The van der Waals surface area contributed by atoms with Crippen molar-refractivity contribution in [2.45, 2.75) is 58.4 Å². The molecule has 0 spiro atoms. The van der Waals surface area contributed by atoms with Gasteiger partial charge in [0.05, 0.1) is 6.26 Å². The van der Waals surface area contributed by atoms with Gasteiger partial charge in [-0.25, -0.2) is 9.59 Å². The lowest BCUT2D eigenvalue weighted by molar-refractivity contribution is -0.142. The molecule has 2 amide bonds. The molecule has 1 unspecified atom stereocenters. The van der Waals surface area contributed by atoms with Crippen molar-refractivity contribution in [2.75, 3.05) is 0 Å². The first-order valence-electron chi connectivity index (χ1n) is 13.9.